The minimum atomic E-state index is -4.39. The maximum absolute atomic E-state index is 13.9. The van der Waals surface area contributed by atoms with Gasteiger partial charge >= 0.3 is 5.97 Å². The number of hydrogen-bond donors (Lipinski definition) is 0. The van der Waals surface area contributed by atoms with Crippen LogP contribution in [0.15, 0.2) is 17.0 Å². The zero-order chi connectivity index (χ0) is 17.9. The molecule has 0 aliphatic heterocycles. The van der Waals surface area contributed by atoms with Crippen LogP contribution < -0.4 is 0 Å². The molecule has 1 aliphatic carbocycles. The van der Waals surface area contributed by atoms with Crippen molar-refractivity contribution in [3.05, 3.63) is 29.6 Å². The van der Waals surface area contributed by atoms with Crippen LogP contribution in [0.25, 0.3) is 0 Å². The van der Waals surface area contributed by atoms with Gasteiger partial charge in [0, 0.05) is 19.2 Å². The minimum absolute atomic E-state index is 0.0974. The number of carbonyl (C=O) groups excluding carboxylic acids is 1. The van der Waals surface area contributed by atoms with Crippen molar-refractivity contribution >= 4 is 16.0 Å². The number of ether oxygens (including phenoxy) is 1. The van der Waals surface area contributed by atoms with Gasteiger partial charge in [0.15, 0.2) is 11.6 Å². The van der Waals surface area contributed by atoms with Gasteiger partial charge in [0.25, 0.3) is 0 Å². The van der Waals surface area contributed by atoms with E-state index >= 15 is 0 Å². The number of benzene rings is 1. The van der Waals surface area contributed by atoms with Gasteiger partial charge in [-0.1, -0.05) is 0 Å². The number of hydrogen-bond acceptors (Lipinski definition) is 4. The molecule has 0 amide bonds. The van der Waals surface area contributed by atoms with E-state index in [9.17, 15) is 26.4 Å². The topological polar surface area (TPSA) is 63.7 Å². The zero-order valence-corrected chi connectivity index (χ0v) is 13.9. The summed E-state index contributed by atoms with van der Waals surface area (Å²) >= 11 is 0. The predicted molar refractivity (Wildman–Crippen MR) is 79.0 cm³/mol. The normalized spacial score (nSPS) is 14.9. The summed E-state index contributed by atoms with van der Waals surface area (Å²) in [5.74, 6) is -4.75. The lowest BCUT2D eigenvalue weighted by Gasteiger charge is -2.22. The standard InChI is InChI=1S/C15H18F3NO4S/c1-2-23-15(20)5-6-19(9-10-3-4-10)24(21,22)14-8-12(17)11(16)7-13(14)18/h7-8,10H,2-6,9H2,1H3. The molecular weight excluding hydrogens is 347 g/mol. The van der Waals surface area contributed by atoms with Gasteiger partial charge in [-0.3, -0.25) is 4.79 Å². The highest BCUT2D eigenvalue weighted by atomic mass is 32.2. The molecule has 1 aromatic rings. The van der Waals surface area contributed by atoms with Crippen LogP contribution in [0.4, 0.5) is 13.2 Å². The van der Waals surface area contributed by atoms with Crippen LogP contribution >= 0.6 is 0 Å². The molecule has 24 heavy (non-hydrogen) atoms. The highest BCUT2D eigenvalue weighted by Crippen LogP contribution is 2.32. The van der Waals surface area contributed by atoms with E-state index in [0.717, 1.165) is 17.1 Å². The van der Waals surface area contributed by atoms with E-state index in [2.05, 4.69) is 0 Å². The van der Waals surface area contributed by atoms with E-state index in [-0.39, 0.29) is 38.1 Å². The molecule has 1 saturated carbocycles. The number of sulfonamides is 1. The van der Waals surface area contributed by atoms with Gasteiger partial charge in [-0.2, -0.15) is 4.31 Å². The quantitative estimate of drug-likeness (QED) is 0.524. The summed E-state index contributed by atoms with van der Waals surface area (Å²) in [7, 11) is -4.39. The summed E-state index contributed by atoms with van der Waals surface area (Å²) < 4.78 is 71.1. The molecule has 9 heteroatoms. The van der Waals surface area contributed by atoms with Gasteiger partial charge in [-0.05, 0) is 31.7 Å². The Balaban J connectivity index is 2.26. The number of carbonyl (C=O) groups is 1. The van der Waals surface area contributed by atoms with Crippen molar-refractivity contribution in [1.29, 1.82) is 0 Å². The van der Waals surface area contributed by atoms with E-state index in [4.69, 9.17) is 4.74 Å². The van der Waals surface area contributed by atoms with Crippen LogP contribution in [0.2, 0.25) is 0 Å². The number of rotatable bonds is 8. The maximum Gasteiger partial charge on any atom is 0.307 e. The van der Waals surface area contributed by atoms with Crippen molar-refractivity contribution in [3.63, 3.8) is 0 Å². The molecule has 1 aromatic carbocycles. The average molecular weight is 365 g/mol. The SMILES string of the molecule is CCOC(=O)CCN(CC1CC1)S(=O)(=O)c1cc(F)c(F)cc1F. The molecule has 2 rings (SSSR count). The second kappa shape index (κ2) is 7.52. The Bertz CT molecular complexity index is 720. The first-order chi connectivity index (χ1) is 11.3. The second-order valence-corrected chi connectivity index (χ2v) is 7.46. The molecule has 0 aromatic heterocycles. The van der Waals surface area contributed by atoms with Crippen LogP contribution in [0, 0.1) is 23.4 Å². The molecule has 0 atom stereocenters. The van der Waals surface area contributed by atoms with Crippen molar-refractivity contribution < 1.29 is 31.1 Å². The summed E-state index contributed by atoms with van der Waals surface area (Å²) in [4.78, 5) is 10.5. The lowest BCUT2D eigenvalue weighted by Crippen LogP contribution is -2.35. The Morgan fingerprint density at radius 1 is 1.21 bits per heavy atom. The highest BCUT2D eigenvalue weighted by molar-refractivity contribution is 7.89. The van der Waals surface area contributed by atoms with E-state index in [1.54, 1.807) is 6.92 Å². The molecule has 1 aliphatic rings. The Morgan fingerprint density at radius 2 is 1.83 bits per heavy atom. The van der Waals surface area contributed by atoms with Crippen molar-refractivity contribution in [2.75, 3.05) is 19.7 Å². The van der Waals surface area contributed by atoms with E-state index in [1.165, 1.54) is 0 Å². The minimum Gasteiger partial charge on any atom is -0.466 e. The number of halogens is 3. The highest BCUT2D eigenvalue weighted by Gasteiger charge is 2.34. The zero-order valence-electron chi connectivity index (χ0n) is 13.1. The smallest absolute Gasteiger partial charge is 0.307 e. The van der Waals surface area contributed by atoms with Gasteiger partial charge in [0.05, 0.1) is 13.0 Å². The summed E-state index contributed by atoms with van der Waals surface area (Å²) in [6.07, 6.45) is 1.45. The van der Waals surface area contributed by atoms with E-state index in [1.807, 2.05) is 0 Å². The molecule has 5 nitrogen and oxygen atoms in total. The van der Waals surface area contributed by atoms with Crippen LogP contribution in [0.1, 0.15) is 26.2 Å². The fourth-order valence-corrected chi connectivity index (χ4v) is 3.76. The summed E-state index contributed by atoms with van der Waals surface area (Å²) in [5, 5.41) is 0. The third-order valence-corrected chi connectivity index (χ3v) is 5.50. The maximum atomic E-state index is 13.9. The average Bonchev–Trinajstić information content (AvgIpc) is 3.31. The van der Waals surface area contributed by atoms with Crippen molar-refractivity contribution in [1.82, 2.24) is 4.31 Å². The molecule has 0 N–H and O–H groups in total. The monoisotopic (exact) mass is 365 g/mol. The first-order valence-corrected chi connectivity index (χ1v) is 9.00. The van der Waals surface area contributed by atoms with Crippen molar-refractivity contribution in [2.45, 2.75) is 31.1 Å². The summed E-state index contributed by atoms with van der Waals surface area (Å²) in [6.45, 7) is 1.66. The lowest BCUT2D eigenvalue weighted by molar-refractivity contribution is -0.143. The first-order valence-electron chi connectivity index (χ1n) is 7.56. The molecule has 0 unspecified atom stereocenters. The van der Waals surface area contributed by atoms with Crippen LogP contribution in [0.5, 0.6) is 0 Å². The molecule has 0 bridgehead atoms. The fourth-order valence-electron chi connectivity index (χ4n) is 2.19. The van der Waals surface area contributed by atoms with E-state index in [0.29, 0.717) is 6.07 Å². The largest absolute Gasteiger partial charge is 0.466 e. The fraction of sp³-hybridized carbons (Fsp3) is 0.533. The number of nitrogens with zero attached hydrogens (tertiary/aromatic N) is 1. The van der Waals surface area contributed by atoms with Crippen LogP contribution in [-0.4, -0.2) is 38.4 Å². The van der Waals surface area contributed by atoms with Crippen molar-refractivity contribution in [2.24, 2.45) is 5.92 Å². The number of esters is 1. The Kier molecular flexibility index (Phi) is 5.87. The predicted octanol–water partition coefficient (Wildman–Crippen LogP) is 2.46. The van der Waals surface area contributed by atoms with Crippen LogP contribution in [0.3, 0.4) is 0 Å². The second-order valence-electron chi connectivity index (χ2n) is 5.56. The molecule has 0 heterocycles. The molecule has 0 saturated heterocycles. The molecule has 0 radical (unpaired) electrons. The summed E-state index contributed by atoms with van der Waals surface area (Å²) in [6, 6.07) is 0.521. The van der Waals surface area contributed by atoms with Gasteiger partial charge in [0.1, 0.15) is 10.7 Å². The third-order valence-electron chi connectivity index (χ3n) is 3.62. The molecule has 134 valence electrons. The Hall–Kier alpha value is -1.61. The van der Waals surface area contributed by atoms with Gasteiger partial charge in [-0.25, -0.2) is 21.6 Å². The Morgan fingerprint density at radius 3 is 2.42 bits per heavy atom. The third kappa shape index (κ3) is 4.47. The van der Waals surface area contributed by atoms with Gasteiger partial charge < -0.3 is 4.74 Å². The first kappa shape index (κ1) is 18.7. The van der Waals surface area contributed by atoms with Crippen LogP contribution in [-0.2, 0) is 19.6 Å². The molecule has 0 spiro atoms. The lowest BCUT2D eigenvalue weighted by atomic mass is 10.3. The molecular formula is C15H18F3NO4S. The molecule has 1 fully saturated rings. The van der Waals surface area contributed by atoms with Gasteiger partial charge in [0.2, 0.25) is 10.0 Å². The van der Waals surface area contributed by atoms with Gasteiger partial charge in [-0.15, -0.1) is 0 Å². The summed E-state index contributed by atoms with van der Waals surface area (Å²) in [5.41, 5.74) is 0. The van der Waals surface area contributed by atoms with E-state index < -0.39 is 38.3 Å². The van der Waals surface area contributed by atoms with Crippen molar-refractivity contribution in [3.8, 4) is 0 Å². The Labute approximate surface area is 138 Å².